The fourth-order valence-corrected chi connectivity index (χ4v) is 8.88. The minimum absolute atomic E-state index is 0. The number of carbonyl (C=O) groups is 2. The van der Waals surface area contributed by atoms with Crippen LogP contribution >= 0.6 is 0 Å². The second-order valence-corrected chi connectivity index (χ2v) is 18.6. The molecule has 0 unspecified atom stereocenters. The van der Waals surface area contributed by atoms with E-state index in [1.807, 2.05) is 157 Å². The van der Waals surface area contributed by atoms with Crippen molar-refractivity contribution in [1.29, 1.82) is 0 Å². The molecule has 0 aromatic heterocycles. The van der Waals surface area contributed by atoms with Gasteiger partial charge in [-0.05, 0) is 127 Å². The van der Waals surface area contributed by atoms with E-state index in [2.05, 4.69) is 10.0 Å². The average molecular weight is 1000 g/mol. The maximum Gasteiger partial charge on any atom is 1.00 e. The quantitative estimate of drug-likeness (QED) is 0.0240. The number of β-lactam (4-membered cyclic amide) rings is 2. The van der Waals surface area contributed by atoms with Crippen molar-refractivity contribution in [1.82, 2.24) is 0 Å². The average Bonchev–Trinajstić information content (AvgIpc) is 3.35. The van der Waals surface area contributed by atoms with Gasteiger partial charge >= 0.3 is 29.6 Å². The van der Waals surface area contributed by atoms with Crippen LogP contribution in [-0.4, -0.2) is 52.9 Å². The van der Waals surface area contributed by atoms with Crippen molar-refractivity contribution in [3.8, 4) is 23.0 Å². The van der Waals surface area contributed by atoms with Crippen LogP contribution in [0.2, 0.25) is 0 Å². The number of rotatable bonds is 15. The van der Waals surface area contributed by atoms with Gasteiger partial charge in [-0.2, -0.15) is 8.42 Å². The van der Waals surface area contributed by atoms with Crippen molar-refractivity contribution < 1.29 is 70.7 Å². The third-order valence-electron chi connectivity index (χ3n) is 12.4. The first-order valence-electron chi connectivity index (χ1n) is 22.4. The molecule has 0 aliphatic carbocycles. The first-order valence-corrected chi connectivity index (χ1v) is 24.2. The van der Waals surface area contributed by atoms with E-state index in [9.17, 15) is 18.0 Å². The summed E-state index contributed by atoms with van der Waals surface area (Å²) in [7, 11) is -0.672. The predicted molar refractivity (Wildman–Crippen MR) is 272 cm³/mol. The standard InChI is InChI=1S/C27H29NO6S.C26H26N4O3.N3.Na/c1-17-11-12-21(14-23(17)33-16-20-9-7-6-8-10-20)25-26(34-35(5,30)31)27(29)28(25)22-13-18(2)19(3)24(15-22)32-4;1-16-10-11-20(13-22(16)33-15-19-8-6-5-7-9-19)25-24(28-29-27)26(31)30(25)21-12-17(2)18(3)23(14-21)32-4;1-3-2;/h6-15,25-26H,16H2,1-5H3;5-14,24-25H,15H2,1-4H3;;/q;;-1;+1/t25-,26+;24-,25-;;/m00../s1. The van der Waals surface area contributed by atoms with E-state index in [0.717, 1.165) is 62.1 Å². The Kier molecular flexibility index (Phi) is 19.3. The number of benzene rings is 6. The Morgan fingerprint density at radius 2 is 0.986 bits per heavy atom. The number of ether oxygens (including phenoxy) is 4. The number of amides is 2. The number of aryl methyl sites for hydroxylation is 4. The molecule has 8 rings (SSSR count). The Bertz CT molecular complexity index is 3110. The molecule has 2 amide bonds. The van der Waals surface area contributed by atoms with Crippen molar-refractivity contribution in [3.05, 3.63) is 203 Å². The van der Waals surface area contributed by atoms with Gasteiger partial charge in [0.1, 0.15) is 42.3 Å². The van der Waals surface area contributed by atoms with Crippen LogP contribution in [0, 0.1) is 41.5 Å². The van der Waals surface area contributed by atoms with Gasteiger partial charge in [-0.15, -0.1) is 0 Å². The zero-order chi connectivity index (χ0) is 51.6. The minimum Gasteiger partial charge on any atom is -0.496 e. The third kappa shape index (κ3) is 12.9. The van der Waals surface area contributed by atoms with E-state index < -0.39 is 40.3 Å². The molecular weight excluding hydrogens is 948 g/mol. The van der Waals surface area contributed by atoms with Gasteiger partial charge in [0.2, 0.25) is 5.91 Å². The van der Waals surface area contributed by atoms with Crippen LogP contribution in [0.1, 0.15) is 67.7 Å². The summed E-state index contributed by atoms with van der Waals surface area (Å²) in [5, 5.41) is 3.79. The topological polar surface area (TPSA) is 228 Å². The molecule has 368 valence electrons. The van der Waals surface area contributed by atoms with Crippen LogP contribution in [0.25, 0.3) is 26.4 Å². The molecule has 6 aromatic rings. The Balaban J connectivity index is 0.000000251. The molecular formula is C53H55N8NaO9S. The maximum absolute atomic E-state index is 13.1. The number of nitrogens with zero attached hydrogens (tertiary/aromatic N) is 8. The summed E-state index contributed by atoms with van der Waals surface area (Å²) < 4.78 is 52.3. The zero-order valence-corrected chi connectivity index (χ0v) is 44.7. The first kappa shape index (κ1) is 55.9. The van der Waals surface area contributed by atoms with E-state index in [0.29, 0.717) is 47.4 Å². The summed E-state index contributed by atoms with van der Waals surface area (Å²) >= 11 is 0. The monoisotopic (exact) mass is 1000 g/mol. The molecule has 4 atom stereocenters. The normalized spacial score (nSPS) is 16.6. The molecule has 0 N–H and O–H groups in total. The van der Waals surface area contributed by atoms with Crippen molar-refractivity contribution in [2.45, 2.75) is 79.0 Å². The minimum atomic E-state index is -3.86. The smallest absolute Gasteiger partial charge is 0.496 e. The third-order valence-corrected chi connectivity index (χ3v) is 12.9. The van der Waals surface area contributed by atoms with Crippen molar-refractivity contribution in [3.63, 3.8) is 0 Å². The van der Waals surface area contributed by atoms with Gasteiger partial charge < -0.3 is 34.9 Å². The van der Waals surface area contributed by atoms with Gasteiger partial charge in [-0.25, -0.2) is 0 Å². The molecule has 17 nitrogen and oxygen atoms in total. The Morgan fingerprint density at radius 1 is 0.569 bits per heavy atom. The zero-order valence-electron chi connectivity index (χ0n) is 41.9. The van der Waals surface area contributed by atoms with E-state index in [-0.39, 0.29) is 35.5 Å². The number of methoxy groups -OCH3 is 2. The summed E-state index contributed by atoms with van der Waals surface area (Å²) in [6.45, 7) is 12.6. The fraction of sp³-hybridized carbons (Fsp3) is 0.283. The summed E-state index contributed by atoms with van der Waals surface area (Å²) in [6, 6.07) is 36.8. The van der Waals surface area contributed by atoms with Crippen LogP contribution in [0.3, 0.4) is 0 Å². The number of carbonyl (C=O) groups excluding carboxylic acids is 2. The molecule has 0 saturated carbocycles. The molecule has 2 saturated heterocycles. The number of hydrogen-bond acceptors (Lipinski definition) is 10. The largest absolute Gasteiger partial charge is 1.00 e. The van der Waals surface area contributed by atoms with E-state index in [4.69, 9.17) is 39.7 Å². The van der Waals surface area contributed by atoms with Crippen LogP contribution in [0.4, 0.5) is 11.4 Å². The number of anilines is 2. The Hall–Kier alpha value is -7.01. The van der Waals surface area contributed by atoms with Crippen LogP contribution < -0.4 is 58.3 Å². The van der Waals surface area contributed by atoms with Gasteiger partial charge in [0, 0.05) is 28.4 Å². The summed E-state index contributed by atoms with van der Waals surface area (Å²) in [5.74, 6) is 2.07. The summed E-state index contributed by atoms with van der Waals surface area (Å²) in [5.41, 5.74) is 33.4. The van der Waals surface area contributed by atoms with Gasteiger partial charge in [0.05, 0.1) is 32.6 Å². The summed E-state index contributed by atoms with van der Waals surface area (Å²) in [4.78, 5) is 33.8. The van der Waals surface area contributed by atoms with Gasteiger partial charge in [0.15, 0.2) is 6.10 Å². The number of hydrogen-bond donors (Lipinski definition) is 0. The molecule has 2 fully saturated rings. The predicted octanol–water partition coefficient (Wildman–Crippen LogP) is 8.47. The van der Waals surface area contributed by atoms with Crippen LogP contribution in [0.5, 0.6) is 23.0 Å². The second kappa shape index (κ2) is 24.9. The molecule has 6 aromatic carbocycles. The molecule has 2 aliphatic heterocycles. The van der Waals surface area contributed by atoms with E-state index in [1.54, 1.807) is 30.1 Å². The molecule has 0 spiro atoms. The molecule has 72 heavy (non-hydrogen) atoms. The fourth-order valence-electron chi connectivity index (χ4n) is 8.32. The second-order valence-electron chi connectivity index (χ2n) is 17.0. The first-order chi connectivity index (χ1) is 33.9. The van der Waals surface area contributed by atoms with Crippen molar-refractivity contribution >= 4 is 33.3 Å². The van der Waals surface area contributed by atoms with Crippen molar-refractivity contribution in [2.24, 2.45) is 5.11 Å². The van der Waals surface area contributed by atoms with Gasteiger partial charge in [0.25, 0.3) is 16.0 Å². The van der Waals surface area contributed by atoms with Gasteiger partial charge in [-0.1, -0.05) is 90.0 Å². The van der Waals surface area contributed by atoms with Crippen molar-refractivity contribution in [2.75, 3.05) is 30.3 Å². The molecule has 0 radical (unpaired) electrons. The molecule has 19 heteroatoms. The number of azide groups is 1. The Labute approximate surface area is 442 Å². The molecule has 2 heterocycles. The van der Waals surface area contributed by atoms with Gasteiger partial charge in [-0.3, -0.25) is 23.6 Å². The molecule has 2 aliphatic rings. The van der Waals surface area contributed by atoms with E-state index in [1.165, 1.54) is 4.91 Å². The summed E-state index contributed by atoms with van der Waals surface area (Å²) in [6.07, 6.45) is -0.218. The Morgan fingerprint density at radius 3 is 1.39 bits per heavy atom. The van der Waals surface area contributed by atoms with Crippen LogP contribution in [-0.2, 0) is 37.1 Å². The van der Waals surface area contributed by atoms with Crippen LogP contribution in [0.15, 0.2) is 126 Å². The maximum atomic E-state index is 13.1. The van der Waals surface area contributed by atoms with E-state index >= 15 is 0 Å². The SMILES string of the molecule is COc1cc(N2C(=O)[C@@H](N=[N+]=[N-])[C@@H]2c2ccc(C)c(OCc3ccccc3)c2)cc(C)c1C.COc1cc(N2C(=O)[C@H](OS(C)(=O)=O)[C@@H]2c2ccc(C)c(OCc3ccccc3)c2)cc(C)c1C.[N-]=[N+]=[N-].[Na+]. The molecule has 0 bridgehead atoms.